The lowest BCUT2D eigenvalue weighted by Gasteiger charge is -2.29. The summed E-state index contributed by atoms with van der Waals surface area (Å²) in [7, 11) is -3.37. The van der Waals surface area contributed by atoms with Gasteiger partial charge in [-0.25, -0.2) is 22.5 Å². The van der Waals surface area contributed by atoms with Gasteiger partial charge < -0.3 is 9.30 Å². The highest BCUT2D eigenvalue weighted by atomic mass is 32.2. The molecule has 2 aromatic heterocycles. The number of hydrogen-bond acceptors (Lipinski definition) is 7. The van der Waals surface area contributed by atoms with E-state index in [1.54, 1.807) is 4.57 Å². The van der Waals surface area contributed by atoms with E-state index in [0.29, 0.717) is 44.7 Å². The second kappa shape index (κ2) is 9.99. The standard InChI is InChI=1S/C20H31N5O6S/c1-4-6-11-25-17-16(18(26)22-20(25)28)24(9-5-2)15(21-17)13-31-19(27)14-8-7-10-23(12-14)32(3,29)30/h14H,4-13H2,1-3H3,(H,22,26,28). The highest BCUT2D eigenvalue weighted by Crippen LogP contribution is 2.21. The van der Waals surface area contributed by atoms with Gasteiger partial charge in [0.1, 0.15) is 12.4 Å². The van der Waals surface area contributed by atoms with Crippen molar-refractivity contribution in [3.63, 3.8) is 0 Å². The summed E-state index contributed by atoms with van der Waals surface area (Å²) in [6.07, 6.45) is 4.60. The molecule has 1 atom stereocenters. The van der Waals surface area contributed by atoms with Crippen molar-refractivity contribution in [2.45, 2.75) is 65.6 Å². The zero-order valence-electron chi connectivity index (χ0n) is 18.8. The van der Waals surface area contributed by atoms with Gasteiger partial charge in [-0.2, -0.15) is 0 Å². The Kier molecular flexibility index (Phi) is 7.55. The van der Waals surface area contributed by atoms with E-state index in [-0.39, 0.29) is 24.3 Å². The highest BCUT2D eigenvalue weighted by Gasteiger charge is 2.31. The molecule has 11 nitrogen and oxygen atoms in total. The second-order valence-electron chi connectivity index (χ2n) is 8.18. The van der Waals surface area contributed by atoms with Crippen LogP contribution < -0.4 is 11.2 Å². The van der Waals surface area contributed by atoms with Crippen molar-refractivity contribution in [3.05, 3.63) is 26.7 Å². The number of unbranched alkanes of at least 4 members (excludes halogenated alkanes) is 1. The topological polar surface area (TPSA) is 136 Å². The smallest absolute Gasteiger partial charge is 0.330 e. The van der Waals surface area contributed by atoms with Crippen molar-refractivity contribution >= 4 is 27.2 Å². The molecule has 1 fully saturated rings. The highest BCUT2D eigenvalue weighted by molar-refractivity contribution is 7.88. The van der Waals surface area contributed by atoms with Crippen molar-refractivity contribution in [1.82, 2.24) is 23.4 Å². The number of piperidine rings is 1. The van der Waals surface area contributed by atoms with Gasteiger partial charge >= 0.3 is 11.7 Å². The van der Waals surface area contributed by atoms with Crippen LogP contribution in [0.2, 0.25) is 0 Å². The van der Waals surface area contributed by atoms with Gasteiger partial charge in [-0.1, -0.05) is 20.3 Å². The van der Waals surface area contributed by atoms with Crippen molar-refractivity contribution < 1.29 is 17.9 Å². The number of aromatic nitrogens is 4. The summed E-state index contributed by atoms with van der Waals surface area (Å²) >= 11 is 0. The van der Waals surface area contributed by atoms with E-state index in [9.17, 15) is 22.8 Å². The van der Waals surface area contributed by atoms with E-state index in [1.807, 2.05) is 13.8 Å². The summed E-state index contributed by atoms with van der Waals surface area (Å²) < 4.78 is 33.6. The first-order chi connectivity index (χ1) is 15.2. The Bertz CT molecular complexity index is 1200. The van der Waals surface area contributed by atoms with Gasteiger partial charge in [0, 0.05) is 26.2 Å². The number of sulfonamides is 1. The molecule has 32 heavy (non-hydrogen) atoms. The van der Waals surface area contributed by atoms with Crippen molar-refractivity contribution in [3.8, 4) is 0 Å². The number of carbonyl (C=O) groups excluding carboxylic acids is 1. The molecule has 12 heteroatoms. The van der Waals surface area contributed by atoms with Gasteiger partial charge in [-0.3, -0.25) is 19.1 Å². The minimum Gasteiger partial charge on any atom is -0.457 e. The number of carbonyl (C=O) groups is 1. The first-order valence-electron chi connectivity index (χ1n) is 11.0. The molecule has 0 spiro atoms. The number of ether oxygens (including phenoxy) is 1. The van der Waals surface area contributed by atoms with E-state index in [2.05, 4.69) is 9.97 Å². The van der Waals surface area contributed by atoms with E-state index in [1.165, 1.54) is 8.87 Å². The fourth-order valence-electron chi connectivity index (χ4n) is 4.01. The number of nitrogens with zero attached hydrogens (tertiary/aromatic N) is 4. The molecule has 0 radical (unpaired) electrons. The number of esters is 1. The first kappa shape index (κ1) is 24.2. The van der Waals surface area contributed by atoms with E-state index < -0.39 is 33.2 Å². The molecular formula is C20H31N5O6S. The third-order valence-corrected chi connectivity index (χ3v) is 6.95. The molecule has 1 saturated heterocycles. The third kappa shape index (κ3) is 5.12. The van der Waals surface area contributed by atoms with Crippen LogP contribution in [-0.4, -0.2) is 57.1 Å². The largest absolute Gasteiger partial charge is 0.457 e. The second-order valence-corrected chi connectivity index (χ2v) is 10.2. The Morgan fingerprint density at radius 1 is 1.19 bits per heavy atom. The first-order valence-corrected chi connectivity index (χ1v) is 12.9. The Hall–Kier alpha value is -2.47. The third-order valence-electron chi connectivity index (χ3n) is 5.68. The van der Waals surface area contributed by atoms with Crippen molar-refractivity contribution in [2.24, 2.45) is 5.92 Å². The minimum atomic E-state index is -3.37. The maximum Gasteiger partial charge on any atom is 0.330 e. The zero-order chi connectivity index (χ0) is 23.5. The Morgan fingerprint density at radius 3 is 2.59 bits per heavy atom. The quantitative estimate of drug-likeness (QED) is 0.537. The molecule has 1 N–H and O–H groups in total. The molecule has 0 aliphatic carbocycles. The lowest BCUT2D eigenvalue weighted by Crippen LogP contribution is -2.42. The Balaban J connectivity index is 1.87. The van der Waals surface area contributed by atoms with E-state index in [0.717, 1.165) is 19.1 Å². The summed E-state index contributed by atoms with van der Waals surface area (Å²) in [4.78, 5) is 44.4. The lowest BCUT2D eigenvalue weighted by molar-refractivity contribution is -0.151. The lowest BCUT2D eigenvalue weighted by atomic mass is 10.0. The van der Waals surface area contributed by atoms with E-state index >= 15 is 0 Å². The summed E-state index contributed by atoms with van der Waals surface area (Å²) in [5.41, 5.74) is -0.460. The molecular weight excluding hydrogens is 438 g/mol. The molecule has 0 saturated carbocycles. The zero-order valence-corrected chi connectivity index (χ0v) is 19.6. The van der Waals surface area contributed by atoms with Gasteiger partial charge in [0.15, 0.2) is 11.2 Å². The molecule has 2 aromatic rings. The van der Waals surface area contributed by atoms with Crippen LogP contribution in [0.3, 0.4) is 0 Å². The molecule has 178 valence electrons. The predicted octanol–water partition coefficient (Wildman–Crippen LogP) is 0.811. The van der Waals surface area contributed by atoms with Crippen LogP contribution in [0, 0.1) is 5.92 Å². The number of aromatic amines is 1. The van der Waals surface area contributed by atoms with Crippen LogP contribution in [0.15, 0.2) is 9.59 Å². The predicted molar refractivity (Wildman–Crippen MR) is 119 cm³/mol. The maximum atomic E-state index is 12.7. The van der Waals surface area contributed by atoms with Crippen LogP contribution in [0.1, 0.15) is 51.8 Å². The van der Waals surface area contributed by atoms with Crippen LogP contribution in [0.25, 0.3) is 11.2 Å². The SMILES string of the molecule is CCCCn1c(=O)[nH]c(=O)c2c1nc(COC(=O)C1CCCN(S(C)(=O)=O)C1)n2CCC. The summed E-state index contributed by atoms with van der Waals surface area (Å²) in [6.45, 7) is 5.18. The number of H-pyrrole nitrogens is 1. The summed E-state index contributed by atoms with van der Waals surface area (Å²) in [5.74, 6) is -0.660. The molecule has 3 rings (SSSR count). The Labute approximate surface area is 186 Å². The molecule has 1 aliphatic rings. The van der Waals surface area contributed by atoms with Crippen LogP contribution in [0.4, 0.5) is 0 Å². The number of hydrogen-bond donors (Lipinski definition) is 1. The number of aryl methyl sites for hydroxylation is 2. The van der Waals surface area contributed by atoms with Crippen molar-refractivity contribution in [1.29, 1.82) is 0 Å². The van der Waals surface area contributed by atoms with Crippen LogP contribution in [-0.2, 0) is 39.3 Å². The van der Waals surface area contributed by atoms with Crippen molar-refractivity contribution in [2.75, 3.05) is 19.3 Å². The fourth-order valence-corrected chi connectivity index (χ4v) is 4.92. The van der Waals surface area contributed by atoms with Gasteiger partial charge in [0.2, 0.25) is 10.0 Å². The average molecular weight is 470 g/mol. The number of nitrogens with one attached hydrogen (secondary N) is 1. The number of rotatable bonds is 9. The average Bonchev–Trinajstić information content (AvgIpc) is 3.10. The van der Waals surface area contributed by atoms with Gasteiger partial charge in [0.25, 0.3) is 5.56 Å². The summed E-state index contributed by atoms with van der Waals surface area (Å²) in [5, 5.41) is 0. The monoisotopic (exact) mass is 469 g/mol. The molecule has 1 unspecified atom stereocenters. The molecule has 0 aromatic carbocycles. The minimum absolute atomic E-state index is 0.0965. The Morgan fingerprint density at radius 2 is 1.94 bits per heavy atom. The van der Waals surface area contributed by atoms with Gasteiger partial charge in [-0.05, 0) is 25.7 Å². The molecule has 0 amide bonds. The fraction of sp³-hybridized carbons (Fsp3) is 0.700. The maximum absolute atomic E-state index is 12.7. The van der Waals surface area contributed by atoms with Gasteiger partial charge in [0.05, 0.1) is 12.2 Å². The molecule has 0 bridgehead atoms. The number of imidazole rings is 1. The summed E-state index contributed by atoms with van der Waals surface area (Å²) in [6, 6.07) is 0. The molecule has 3 heterocycles. The normalized spacial score (nSPS) is 17.7. The van der Waals surface area contributed by atoms with Crippen LogP contribution >= 0.6 is 0 Å². The van der Waals surface area contributed by atoms with Gasteiger partial charge in [-0.15, -0.1) is 0 Å². The number of fused-ring (bicyclic) bond motifs is 1. The van der Waals surface area contributed by atoms with Crippen LogP contribution in [0.5, 0.6) is 0 Å². The molecule has 1 aliphatic heterocycles. The van der Waals surface area contributed by atoms with E-state index in [4.69, 9.17) is 4.74 Å².